The van der Waals surface area contributed by atoms with Gasteiger partial charge in [-0.15, -0.1) is 11.3 Å². The molecule has 0 spiro atoms. The maximum Gasteiger partial charge on any atom is 0.257 e. The minimum Gasteiger partial charge on any atom is -0.456 e. The zero-order valence-electron chi connectivity index (χ0n) is 19.3. The van der Waals surface area contributed by atoms with Crippen molar-refractivity contribution in [2.75, 3.05) is 5.32 Å². The molecule has 0 saturated heterocycles. The van der Waals surface area contributed by atoms with Crippen LogP contribution >= 0.6 is 11.3 Å². The van der Waals surface area contributed by atoms with Crippen molar-refractivity contribution in [3.05, 3.63) is 118 Å². The first-order valence-electron chi connectivity index (χ1n) is 11.4. The zero-order chi connectivity index (χ0) is 24.6. The number of rotatable bonds is 4. The highest BCUT2D eigenvalue weighted by Gasteiger charge is 2.12. The predicted octanol–water partition coefficient (Wildman–Crippen LogP) is 7.30. The summed E-state index contributed by atoms with van der Waals surface area (Å²) >= 11 is 1.38. The molecule has 0 unspecified atom stereocenters. The number of anilines is 1. The van der Waals surface area contributed by atoms with Gasteiger partial charge in [0, 0.05) is 28.1 Å². The van der Waals surface area contributed by atoms with Crippen molar-refractivity contribution in [1.29, 1.82) is 0 Å². The number of carbonyl (C=O) groups is 1. The number of fused-ring (bicyclic) bond motifs is 2. The van der Waals surface area contributed by atoms with Gasteiger partial charge in [-0.25, -0.2) is 4.98 Å². The van der Waals surface area contributed by atoms with E-state index in [0.717, 1.165) is 27.8 Å². The Balaban J connectivity index is 1.20. The lowest BCUT2D eigenvalue weighted by Crippen LogP contribution is -2.11. The van der Waals surface area contributed by atoms with Crippen molar-refractivity contribution in [1.82, 2.24) is 4.98 Å². The average Bonchev–Trinajstić information content (AvgIpc) is 3.37. The molecule has 0 atom stereocenters. The van der Waals surface area contributed by atoms with Crippen LogP contribution in [0.3, 0.4) is 0 Å². The van der Waals surface area contributed by atoms with E-state index in [0.29, 0.717) is 27.4 Å². The summed E-state index contributed by atoms with van der Waals surface area (Å²) < 4.78 is 5.94. The lowest BCUT2D eigenvalue weighted by atomic mass is 10.1. The summed E-state index contributed by atoms with van der Waals surface area (Å²) in [7, 11) is 0. The van der Waals surface area contributed by atoms with Crippen LogP contribution in [0.2, 0.25) is 0 Å². The number of thiazole rings is 1. The van der Waals surface area contributed by atoms with Crippen LogP contribution in [-0.4, -0.2) is 10.9 Å². The Labute approximate surface area is 210 Å². The number of hydrogen-bond donors (Lipinski definition) is 1. The lowest BCUT2D eigenvalue weighted by molar-refractivity contribution is 0.102. The van der Waals surface area contributed by atoms with Gasteiger partial charge in [0.05, 0.1) is 11.1 Å². The Morgan fingerprint density at radius 3 is 2.47 bits per heavy atom. The minimum atomic E-state index is -0.253. The monoisotopic (exact) mass is 488 g/mol. The molecule has 6 aromatic rings. The Kier molecular flexibility index (Phi) is 5.43. The molecule has 0 fully saturated rings. The molecule has 0 aliphatic carbocycles. The molecule has 5 nitrogen and oxygen atoms in total. The minimum absolute atomic E-state index is 0.0947. The molecule has 1 N–H and O–H groups in total. The second-order valence-corrected chi connectivity index (χ2v) is 9.46. The Bertz CT molecular complexity index is 1820. The number of hydrogen-bond acceptors (Lipinski definition) is 5. The summed E-state index contributed by atoms with van der Waals surface area (Å²) in [5.41, 5.74) is 4.47. The average molecular weight is 489 g/mol. The molecule has 2 aromatic heterocycles. The molecule has 0 aliphatic rings. The Morgan fingerprint density at radius 2 is 1.64 bits per heavy atom. The summed E-state index contributed by atoms with van der Waals surface area (Å²) in [5, 5.41) is 8.22. The molecule has 6 heteroatoms. The van der Waals surface area contributed by atoms with Crippen molar-refractivity contribution in [2.45, 2.75) is 6.92 Å². The summed E-state index contributed by atoms with van der Waals surface area (Å²) in [6.45, 7) is 1.94. The number of nitrogens with one attached hydrogen (secondary N) is 1. The van der Waals surface area contributed by atoms with Gasteiger partial charge in [-0.3, -0.25) is 14.9 Å². The van der Waals surface area contributed by atoms with Crippen molar-refractivity contribution < 1.29 is 9.21 Å². The molecule has 0 saturated carbocycles. The highest BCUT2D eigenvalue weighted by Crippen LogP contribution is 2.28. The topological polar surface area (TPSA) is 72.2 Å². The summed E-state index contributed by atoms with van der Waals surface area (Å²) in [6.07, 6.45) is 0. The maximum absolute atomic E-state index is 12.8. The van der Waals surface area contributed by atoms with Gasteiger partial charge in [-0.1, -0.05) is 60.2 Å². The fourth-order valence-corrected chi connectivity index (χ4v) is 4.89. The van der Waals surface area contributed by atoms with Crippen LogP contribution in [0.4, 0.5) is 5.13 Å². The quantitative estimate of drug-likeness (QED) is 0.283. The molecule has 0 bridgehead atoms. The van der Waals surface area contributed by atoms with E-state index in [2.05, 4.69) is 34.6 Å². The first kappa shape index (κ1) is 21.9. The number of aromatic nitrogens is 1. The van der Waals surface area contributed by atoms with Crippen LogP contribution in [-0.2, 0) is 0 Å². The van der Waals surface area contributed by atoms with Gasteiger partial charge in [-0.05, 0) is 48.0 Å². The van der Waals surface area contributed by atoms with E-state index in [9.17, 15) is 9.59 Å². The van der Waals surface area contributed by atoms with Crippen molar-refractivity contribution >= 4 is 44.1 Å². The van der Waals surface area contributed by atoms with Crippen LogP contribution in [0.25, 0.3) is 44.3 Å². The summed E-state index contributed by atoms with van der Waals surface area (Å²) in [4.78, 5) is 30.0. The molecule has 36 heavy (non-hydrogen) atoms. The van der Waals surface area contributed by atoms with Gasteiger partial charge in [0.25, 0.3) is 5.91 Å². The van der Waals surface area contributed by atoms with Crippen molar-refractivity contribution in [3.8, 4) is 22.6 Å². The van der Waals surface area contributed by atoms with Gasteiger partial charge in [0.1, 0.15) is 11.3 Å². The van der Waals surface area contributed by atoms with Crippen LogP contribution in [0.1, 0.15) is 15.9 Å². The third kappa shape index (κ3) is 4.19. The highest BCUT2D eigenvalue weighted by molar-refractivity contribution is 7.14. The molecule has 0 radical (unpaired) electrons. The number of carbonyl (C=O) groups excluding carboxylic acids is 1. The van der Waals surface area contributed by atoms with Gasteiger partial charge < -0.3 is 4.42 Å². The van der Waals surface area contributed by atoms with Gasteiger partial charge in [-0.2, -0.15) is 0 Å². The van der Waals surface area contributed by atoms with Gasteiger partial charge in [0.2, 0.25) is 0 Å². The van der Waals surface area contributed by atoms with E-state index in [1.807, 2.05) is 42.6 Å². The number of amides is 1. The first-order valence-corrected chi connectivity index (χ1v) is 12.3. The zero-order valence-corrected chi connectivity index (χ0v) is 20.1. The largest absolute Gasteiger partial charge is 0.456 e. The predicted molar refractivity (Wildman–Crippen MR) is 146 cm³/mol. The normalized spacial score (nSPS) is 11.1. The Morgan fingerprint density at radius 1 is 0.861 bits per heavy atom. The SMILES string of the molecule is Cc1ccc2oc(-c3ccc(C(=O)Nc4nc(-c5ccc6ccccc6c5)cs4)cc3)cc(=O)c2c1. The lowest BCUT2D eigenvalue weighted by Gasteiger charge is -2.06. The smallest absolute Gasteiger partial charge is 0.257 e. The first-order chi connectivity index (χ1) is 17.5. The third-order valence-electron chi connectivity index (χ3n) is 6.08. The van der Waals surface area contributed by atoms with E-state index in [-0.39, 0.29) is 11.3 Å². The van der Waals surface area contributed by atoms with Gasteiger partial charge in [0.15, 0.2) is 10.6 Å². The second kappa shape index (κ2) is 8.91. The van der Waals surface area contributed by atoms with Crippen molar-refractivity contribution in [2.24, 2.45) is 0 Å². The van der Waals surface area contributed by atoms with Crippen molar-refractivity contribution in [3.63, 3.8) is 0 Å². The Hall–Kier alpha value is -4.55. The van der Waals surface area contributed by atoms with E-state index in [1.54, 1.807) is 30.3 Å². The molecule has 6 rings (SSSR count). The molecule has 0 aliphatic heterocycles. The van der Waals surface area contributed by atoms with E-state index >= 15 is 0 Å². The molecular weight excluding hydrogens is 468 g/mol. The number of aryl methyl sites for hydroxylation is 1. The van der Waals surface area contributed by atoms with E-state index in [1.165, 1.54) is 22.8 Å². The van der Waals surface area contributed by atoms with E-state index < -0.39 is 0 Å². The molecule has 1 amide bonds. The fourth-order valence-electron chi connectivity index (χ4n) is 4.18. The second-order valence-electron chi connectivity index (χ2n) is 8.61. The van der Waals surface area contributed by atoms with Crippen LogP contribution in [0.15, 0.2) is 106 Å². The molecular formula is C30H20N2O3S. The fraction of sp³-hybridized carbons (Fsp3) is 0.0333. The van der Waals surface area contributed by atoms with Crippen LogP contribution < -0.4 is 10.7 Å². The molecule has 174 valence electrons. The highest BCUT2D eigenvalue weighted by atomic mass is 32.1. The number of nitrogens with zero attached hydrogens (tertiary/aromatic N) is 1. The maximum atomic E-state index is 12.8. The standard InChI is InChI=1S/C30H20N2O3S/c1-18-6-13-27-24(14-18)26(33)16-28(35-27)20-8-10-21(11-9-20)29(34)32-30-31-25(17-36-30)23-12-7-19-4-2-3-5-22(19)15-23/h2-17H,1H3,(H,31,32,34). The van der Waals surface area contributed by atoms with Crippen LogP contribution in [0, 0.1) is 6.92 Å². The summed E-state index contributed by atoms with van der Waals surface area (Å²) in [6, 6.07) is 28.4. The summed E-state index contributed by atoms with van der Waals surface area (Å²) in [5.74, 6) is 0.208. The van der Waals surface area contributed by atoms with Crippen LogP contribution in [0.5, 0.6) is 0 Å². The third-order valence-corrected chi connectivity index (χ3v) is 6.84. The molecule has 2 heterocycles. The number of benzene rings is 4. The molecule has 4 aromatic carbocycles. The van der Waals surface area contributed by atoms with Gasteiger partial charge >= 0.3 is 0 Å². The van der Waals surface area contributed by atoms with E-state index in [4.69, 9.17) is 4.42 Å².